The van der Waals surface area contributed by atoms with E-state index in [1.54, 1.807) is 36.4 Å². The number of halogens is 1. The normalized spacial score (nSPS) is 10.5. The summed E-state index contributed by atoms with van der Waals surface area (Å²) < 4.78 is 25.3. The lowest BCUT2D eigenvalue weighted by molar-refractivity contribution is 0.0601. The van der Waals surface area contributed by atoms with E-state index in [2.05, 4.69) is 5.32 Å². The van der Waals surface area contributed by atoms with E-state index in [4.69, 9.17) is 17.3 Å². The van der Waals surface area contributed by atoms with Gasteiger partial charge in [0.05, 0.1) is 30.5 Å². The Bertz CT molecular complexity index is 1120. The van der Waals surface area contributed by atoms with Crippen LogP contribution in [-0.2, 0) is 4.74 Å². The smallest absolute Gasteiger partial charge is 0.340 e. The van der Waals surface area contributed by atoms with Gasteiger partial charge in [-0.3, -0.25) is 4.79 Å². The molecule has 0 heterocycles. The van der Waals surface area contributed by atoms with Gasteiger partial charge in [-0.25, -0.2) is 9.18 Å². The second-order valence-corrected chi connectivity index (χ2v) is 7.15. The van der Waals surface area contributed by atoms with Crippen LogP contribution in [0.25, 0.3) is 11.1 Å². The van der Waals surface area contributed by atoms with Gasteiger partial charge in [0.2, 0.25) is 0 Å². The van der Waals surface area contributed by atoms with Crippen molar-refractivity contribution < 1.29 is 23.5 Å². The Kier molecular flexibility index (Phi) is 7.65. The number of ether oxygens (including phenoxy) is 2. The van der Waals surface area contributed by atoms with Crippen LogP contribution in [0.4, 0.5) is 10.1 Å². The predicted octanol–water partition coefficient (Wildman–Crippen LogP) is 4.50. The Hall–Kier alpha value is -3.61. The zero-order valence-electron chi connectivity index (χ0n) is 18.0. The number of nitrogens with one attached hydrogen (secondary N) is 1. The molecule has 3 rings (SSSR count). The molecule has 0 spiro atoms. The maximum Gasteiger partial charge on any atom is 0.340 e. The maximum absolute atomic E-state index is 14.8. The minimum absolute atomic E-state index is 0.101. The highest BCUT2D eigenvalue weighted by molar-refractivity contribution is 6.33. The van der Waals surface area contributed by atoms with Crippen molar-refractivity contribution in [3.8, 4) is 16.9 Å². The highest BCUT2D eigenvalue weighted by Gasteiger charge is 2.21. The molecule has 0 bridgehead atoms. The molecule has 7 heteroatoms. The fourth-order valence-corrected chi connectivity index (χ4v) is 3.16. The van der Waals surface area contributed by atoms with Crippen LogP contribution in [0.2, 0.25) is 0 Å². The number of esters is 1. The van der Waals surface area contributed by atoms with Gasteiger partial charge < -0.3 is 14.8 Å². The molecule has 162 valence electrons. The van der Waals surface area contributed by atoms with Crippen LogP contribution in [0.15, 0.2) is 60.7 Å². The van der Waals surface area contributed by atoms with Crippen molar-refractivity contribution in [3.05, 3.63) is 77.6 Å². The summed E-state index contributed by atoms with van der Waals surface area (Å²) in [4.78, 5) is 25.4. The van der Waals surface area contributed by atoms with Gasteiger partial charge in [0, 0.05) is 5.56 Å². The predicted molar refractivity (Wildman–Crippen MR) is 123 cm³/mol. The van der Waals surface area contributed by atoms with Gasteiger partial charge in [0.15, 0.2) is 0 Å². The van der Waals surface area contributed by atoms with Gasteiger partial charge in [-0.15, -0.1) is 0 Å². The highest BCUT2D eigenvalue weighted by atomic mass is 19.1. The summed E-state index contributed by atoms with van der Waals surface area (Å²) in [6.07, 6.45) is 1.77. The summed E-state index contributed by atoms with van der Waals surface area (Å²) in [6.45, 7) is 2.48. The van der Waals surface area contributed by atoms with E-state index in [0.717, 1.165) is 18.9 Å². The monoisotopic (exact) mass is 431 g/mol. The van der Waals surface area contributed by atoms with Crippen LogP contribution >= 0.6 is 0 Å². The van der Waals surface area contributed by atoms with Crippen molar-refractivity contribution in [3.63, 3.8) is 0 Å². The van der Waals surface area contributed by atoms with Crippen molar-refractivity contribution in [2.75, 3.05) is 19.0 Å². The molecule has 3 aromatic rings. The summed E-state index contributed by atoms with van der Waals surface area (Å²) in [5.41, 5.74) is 1.45. The number of hydrogen-bond acceptors (Lipinski definition) is 4. The summed E-state index contributed by atoms with van der Waals surface area (Å²) in [5, 5.41) is 2.70. The second kappa shape index (κ2) is 10.6. The Morgan fingerprint density at radius 3 is 2.47 bits per heavy atom. The molecule has 32 heavy (non-hydrogen) atoms. The number of methoxy groups -OCH3 is 1. The van der Waals surface area contributed by atoms with E-state index < -0.39 is 17.7 Å². The maximum atomic E-state index is 14.8. The molecule has 2 radical (unpaired) electrons. The number of anilines is 1. The summed E-state index contributed by atoms with van der Waals surface area (Å²) >= 11 is 0. The fraction of sp³-hybridized carbons (Fsp3) is 0.200. The van der Waals surface area contributed by atoms with Gasteiger partial charge in [-0.2, -0.15) is 0 Å². The second-order valence-electron chi connectivity index (χ2n) is 7.15. The molecule has 0 saturated carbocycles. The molecule has 1 N–H and O–H groups in total. The van der Waals surface area contributed by atoms with Crippen molar-refractivity contribution in [2.24, 2.45) is 0 Å². The molecule has 5 nitrogen and oxygen atoms in total. The van der Waals surface area contributed by atoms with Crippen LogP contribution in [0.3, 0.4) is 0 Å². The molecule has 0 unspecified atom stereocenters. The molecule has 0 aliphatic rings. The van der Waals surface area contributed by atoms with E-state index in [1.807, 2.05) is 13.0 Å². The summed E-state index contributed by atoms with van der Waals surface area (Å²) in [5.74, 6) is -1.55. The van der Waals surface area contributed by atoms with Crippen molar-refractivity contribution in [1.29, 1.82) is 0 Å². The standard InChI is InChI=1S/C25H23BFNO4/c1-3-4-12-32-23-11-10-17(26)13-20(23)24(29)28-22-15-18(16-8-6-5-7-9-16)21(27)14-19(22)25(30)31-2/h5-11,13-15H,3-4,12H2,1-2H3,(H,28,29). The average Bonchev–Trinajstić information content (AvgIpc) is 2.81. The molecular formula is C25H23BFNO4. The number of benzene rings is 3. The molecule has 3 aromatic carbocycles. The molecule has 1 amide bonds. The van der Waals surface area contributed by atoms with Crippen LogP contribution in [0, 0.1) is 5.82 Å². The number of carbonyl (C=O) groups is 2. The van der Waals surface area contributed by atoms with Gasteiger partial charge in [0.25, 0.3) is 5.91 Å². The van der Waals surface area contributed by atoms with Gasteiger partial charge in [-0.05, 0) is 30.2 Å². The molecule has 0 aromatic heterocycles. The Morgan fingerprint density at radius 2 is 1.78 bits per heavy atom. The van der Waals surface area contributed by atoms with E-state index in [0.29, 0.717) is 23.4 Å². The zero-order valence-corrected chi connectivity index (χ0v) is 18.0. The third-order valence-corrected chi connectivity index (χ3v) is 4.85. The van der Waals surface area contributed by atoms with Gasteiger partial charge in [-0.1, -0.05) is 61.3 Å². The largest absolute Gasteiger partial charge is 0.493 e. The molecule has 0 aliphatic heterocycles. The Labute approximate surface area is 188 Å². The summed E-state index contributed by atoms with van der Waals surface area (Å²) in [7, 11) is 7.06. The topological polar surface area (TPSA) is 64.6 Å². The van der Waals surface area contributed by atoms with Gasteiger partial charge >= 0.3 is 5.97 Å². The first kappa shape index (κ1) is 23.1. The number of carbonyl (C=O) groups excluding carboxylic acids is 2. The minimum Gasteiger partial charge on any atom is -0.493 e. The first-order chi connectivity index (χ1) is 15.4. The van der Waals surface area contributed by atoms with Crippen molar-refractivity contribution in [2.45, 2.75) is 19.8 Å². The Morgan fingerprint density at radius 1 is 1.03 bits per heavy atom. The van der Waals surface area contributed by atoms with Crippen molar-refractivity contribution >= 4 is 30.9 Å². The minimum atomic E-state index is -0.772. The summed E-state index contributed by atoms with van der Waals surface area (Å²) in [6, 6.07) is 16.1. The van der Waals surface area contributed by atoms with E-state index >= 15 is 0 Å². The third kappa shape index (κ3) is 5.35. The first-order valence-electron chi connectivity index (χ1n) is 10.3. The van der Waals surface area contributed by atoms with E-state index in [9.17, 15) is 14.0 Å². The molecule has 0 aliphatic carbocycles. The lowest BCUT2D eigenvalue weighted by Gasteiger charge is -2.15. The Balaban J connectivity index is 2.01. The lowest BCUT2D eigenvalue weighted by Crippen LogP contribution is -2.19. The fourth-order valence-electron chi connectivity index (χ4n) is 3.16. The van der Waals surface area contributed by atoms with Crippen molar-refractivity contribution in [1.82, 2.24) is 0 Å². The van der Waals surface area contributed by atoms with Crippen LogP contribution in [0.5, 0.6) is 5.75 Å². The number of hydrogen-bond donors (Lipinski definition) is 1. The van der Waals surface area contributed by atoms with Crippen LogP contribution in [0.1, 0.15) is 40.5 Å². The quantitative estimate of drug-likeness (QED) is 0.324. The van der Waals surface area contributed by atoms with E-state index in [-0.39, 0.29) is 22.4 Å². The highest BCUT2D eigenvalue weighted by Crippen LogP contribution is 2.30. The zero-order chi connectivity index (χ0) is 23.1. The number of unbranched alkanes of at least 4 members (excludes halogenated alkanes) is 1. The molecular weight excluding hydrogens is 408 g/mol. The number of rotatable bonds is 8. The lowest BCUT2D eigenvalue weighted by atomic mass is 9.93. The molecule has 0 fully saturated rings. The SMILES string of the molecule is [B]c1ccc(OCCCC)c(C(=O)Nc2cc(-c3ccccc3)c(F)cc2C(=O)OC)c1. The molecule has 0 atom stereocenters. The first-order valence-corrected chi connectivity index (χ1v) is 10.3. The molecule has 0 saturated heterocycles. The third-order valence-electron chi connectivity index (χ3n) is 4.85. The van der Waals surface area contributed by atoms with Crippen LogP contribution in [-0.4, -0.2) is 33.4 Å². The van der Waals surface area contributed by atoms with Crippen LogP contribution < -0.4 is 15.5 Å². The average molecular weight is 431 g/mol. The van der Waals surface area contributed by atoms with E-state index in [1.165, 1.54) is 19.2 Å². The van der Waals surface area contributed by atoms with Gasteiger partial charge in [0.1, 0.15) is 19.4 Å². The number of amides is 1.